The Balaban J connectivity index is 2.99. The average Bonchev–Trinajstić information content (AvgIpc) is 2.62. The smallest absolute Gasteiger partial charge is 0.331 e. The second kappa shape index (κ2) is 10.6. The molecule has 7 nitrogen and oxygen atoms in total. The lowest BCUT2D eigenvalue weighted by Crippen LogP contribution is -2.57. The maximum atomic E-state index is 13.2. The highest BCUT2D eigenvalue weighted by molar-refractivity contribution is 5.90. The zero-order chi connectivity index (χ0) is 21.6. The van der Waals surface area contributed by atoms with Crippen molar-refractivity contribution in [2.75, 3.05) is 20.6 Å². The molecule has 2 amide bonds. The number of amides is 2. The third-order valence-electron chi connectivity index (χ3n) is 5.54. The number of piperidine rings is 1. The second-order valence-corrected chi connectivity index (χ2v) is 8.56. The van der Waals surface area contributed by atoms with Crippen LogP contribution in [0.2, 0.25) is 0 Å². The monoisotopic (exact) mass is 395 g/mol. The van der Waals surface area contributed by atoms with Crippen molar-refractivity contribution >= 4 is 17.8 Å². The van der Waals surface area contributed by atoms with Crippen molar-refractivity contribution in [1.82, 2.24) is 15.1 Å². The molecule has 0 bridgehead atoms. The lowest BCUT2D eigenvalue weighted by atomic mass is 9.96. The minimum atomic E-state index is -0.999. The molecule has 0 aromatic heterocycles. The van der Waals surface area contributed by atoms with Gasteiger partial charge in [0.15, 0.2) is 0 Å². The molecule has 2 N–H and O–H groups in total. The maximum Gasteiger partial charge on any atom is 0.331 e. The van der Waals surface area contributed by atoms with Crippen molar-refractivity contribution in [3.8, 4) is 0 Å². The Labute approximate surface area is 169 Å². The maximum absolute atomic E-state index is 13.2. The van der Waals surface area contributed by atoms with E-state index >= 15 is 0 Å². The van der Waals surface area contributed by atoms with Gasteiger partial charge in [-0.15, -0.1) is 0 Å². The molecule has 0 spiro atoms. The molecule has 0 radical (unpaired) electrons. The first-order valence-electron chi connectivity index (χ1n) is 10.2. The van der Waals surface area contributed by atoms with Gasteiger partial charge in [0.1, 0.15) is 6.04 Å². The number of hydrogen-bond donors (Lipinski definition) is 2. The van der Waals surface area contributed by atoms with Crippen LogP contribution in [0.15, 0.2) is 11.6 Å². The summed E-state index contributed by atoms with van der Waals surface area (Å²) >= 11 is 0. The van der Waals surface area contributed by atoms with Crippen molar-refractivity contribution in [1.29, 1.82) is 0 Å². The number of carbonyl (C=O) groups is 3. The Morgan fingerprint density at radius 1 is 1.14 bits per heavy atom. The molecule has 1 fully saturated rings. The van der Waals surface area contributed by atoms with Gasteiger partial charge in [0.2, 0.25) is 11.8 Å². The first-order valence-corrected chi connectivity index (χ1v) is 10.2. The van der Waals surface area contributed by atoms with Gasteiger partial charge in [-0.05, 0) is 45.2 Å². The summed E-state index contributed by atoms with van der Waals surface area (Å²) in [7, 11) is 3.61. The molecule has 1 aliphatic heterocycles. The normalized spacial score (nSPS) is 20.8. The van der Waals surface area contributed by atoms with Gasteiger partial charge < -0.3 is 15.3 Å². The Morgan fingerprint density at radius 3 is 2.21 bits per heavy atom. The van der Waals surface area contributed by atoms with E-state index in [1.54, 1.807) is 18.0 Å². The van der Waals surface area contributed by atoms with Crippen molar-refractivity contribution < 1.29 is 19.5 Å². The molecule has 0 saturated carbocycles. The van der Waals surface area contributed by atoms with Crippen LogP contribution in [0.3, 0.4) is 0 Å². The largest absolute Gasteiger partial charge is 0.478 e. The third-order valence-corrected chi connectivity index (χ3v) is 5.54. The summed E-state index contributed by atoms with van der Waals surface area (Å²) in [5.41, 5.74) is 0.201. The van der Waals surface area contributed by atoms with Gasteiger partial charge in [0.05, 0.1) is 12.1 Å². The van der Waals surface area contributed by atoms with Crippen LogP contribution in [-0.2, 0) is 14.4 Å². The van der Waals surface area contributed by atoms with E-state index in [0.717, 1.165) is 25.8 Å². The number of nitrogens with one attached hydrogen (secondary N) is 1. The summed E-state index contributed by atoms with van der Waals surface area (Å²) in [5.74, 6) is -1.35. The molecule has 0 aliphatic carbocycles. The molecular weight excluding hydrogens is 358 g/mol. The minimum Gasteiger partial charge on any atom is -0.478 e. The molecule has 160 valence electrons. The zero-order valence-electron chi connectivity index (χ0n) is 18.4. The van der Waals surface area contributed by atoms with E-state index in [4.69, 9.17) is 0 Å². The predicted molar refractivity (Wildman–Crippen MR) is 110 cm³/mol. The molecule has 1 aliphatic rings. The predicted octanol–water partition coefficient (Wildman–Crippen LogP) is 2.13. The van der Waals surface area contributed by atoms with E-state index in [0.29, 0.717) is 0 Å². The number of nitrogens with zero attached hydrogens (tertiary/aromatic N) is 2. The van der Waals surface area contributed by atoms with Crippen LogP contribution in [0, 0.1) is 11.8 Å². The van der Waals surface area contributed by atoms with Crippen LogP contribution in [0.1, 0.15) is 53.9 Å². The van der Waals surface area contributed by atoms with Crippen molar-refractivity contribution in [3.63, 3.8) is 0 Å². The fourth-order valence-electron chi connectivity index (χ4n) is 3.61. The highest BCUT2D eigenvalue weighted by atomic mass is 16.4. The van der Waals surface area contributed by atoms with E-state index in [1.807, 2.05) is 39.6 Å². The van der Waals surface area contributed by atoms with Crippen LogP contribution in [-0.4, -0.2) is 71.5 Å². The first-order chi connectivity index (χ1) is 13.0. The molecule has 0 aromatic rings. The molecule has 7 heteroatoms. The van der Waals surface area contributed by atoms with Crippen LogP contribution in [0.5, 0.6) is 0 Å². The van der Waals surface area contributed by atoms with E-state index in [1.165, 1.54) is 6.92 Å². The lowest BCUT2D eigenvalue weighted by molar-refractivity contribution is -0.140. The summed E-state index contributed by atoms with van der Waals surface area (Å²) in [6.07, 6.45) is 4.50. The van der Waals surface area contributed by atoms with Crippen LogP contribution in [0.4, 0.5) is 0 Å². The Hall–Kier alpha value is -1.89. The highest BCUT2D eigenvalue weighted by Gasteiger charge is 2.34. The number of hydrogen-bond acceptors (Lipinski definition) is 4. The SMILES string of the molecule is C/C(=C\[C@H](C(C)C)N(C)C(=O)C(NC(=O)[C@H]1CCCCN1C)C(C)C)C(=O)O. The van der Waals surface area contributed by atoms with Crippen molar-refractivity contribution in [2.24, 2.45) is 11.8 Å². The quantitative estimate of drug-likeness (QED) is 0.615. The fourth-order valence-corrected chi connectivity index (χ4v) is 3.61. The van der Waals surface area contributed by atoms with E-state index in [-0.39, 0.29) is 41.3 Å². The van der Waals surface area contributed by atoms with Gasteiger partial charge in [0, 0.05) is 12.6 Å². The van der Waals surface area contributed by atoms with Crippen LogP contribution in [0.25, 0.3) is 0 Å². The topological polar surface area (TPSA) is 90.0 Å². The zero-order valence-corrected chi connectivity index (χ0v) is 18.4. The minimum absolute atomic E-state index is 0.0382. The summed E-state index contributed by atoms with van der Waals surface area (Å²) in [6.45, 7) is 10.1. The molecule has 1 unspecified atom stereocenters. The Kier molecular flexibility index (Phi) is 9.14. The Morgan fingerprint density at radius 2 is 1.75 bits per heavy atom. The average molecular weight is 396 g/mol. The van der Waals surface area contributed by atoms with Crippen LogP contribution < -0.4 is 5.32 Å². The van der Waals surface area contributed by atoms with Gasteiger partial charge in [-0.1, -0.05) is 40.2 Å². The van der Waals surface area contributed by atoms with E-state index in [9.17, 15) is 19.5 Å². The second-order valence-electron chi connectivity index (χ2n) is 8.56. The summed E-state index contributed by atoms with van der Waals surface area (Å²) in [5, 5.41) is 12.1. The number of carboxylic acids is 1. The Bertz CT molecular complexity index is 600. The lowest BCUT2D eigenvalue weighted by Gasteiger charge is -2.36. The molecular formula is C21H37N3O4. The van der Waals surface area contributed by atoms with Crippen molar-refractivity contribution in [2.45, 2.75) is 72.0 Å². The van der Waals surface area contributed by atoms with Crippen molar-refractivity contribution in [3.05, 3.63) is 11.6 Å². The van der Waals surface area contributed by atoms with Gasteiger partial charge >= 0.3 is 5.97 Å². The molecule has 28 heavy (non-hydrogen) atoms. The van der Waals surface area contributed by atoms with Gasteiger partial charge in [-0.2, -0.15) is 0 Å². The first kappa shape index (κ1) is 24.1. The number of rotatable bonds is 8. The number of likely N-dealkylation sites (N-methyl/N-ethyl adjacent to an activating group) is 2. The molecule has 1 rings (SSSR count). The molecule has 3 atom stereocenters. The number of aliphatic carboxylic acids is 1. The van der Waals surface area contributed by atoms with Gasteiger partial charge in [-0.3, -0.25) is 14.5 Å². The number of likely N-dealkylation sites (tertiary alicyclic amines) is 1. The van der Waals surface area contributed by atoms with E-state index < -0.39 is 12.0 Å². The van der Waals surface area contributed by atoms with Gasteiger partial charge in [-0.25, -0.2) is 4.79 Å². The number of carbonyl (C=O) groups excluding carboxylic acids is 2. The molecule has 1 heterocycles. The standard InChI is InChI=1S/C21H37N3O4/c1-13(2)17(12-15(5)21(27)28)24(7)20(26)18(14(3)4)22-19(25)16-10-8-9-11-23(16)6/h12-14,16-18H,8-11H2,1-7H3,(H,22,25)(H,27,28)/b15-12+/t16-,17-,18?/m1/s1. The van der Waals surface area contributed by atoms with Crippen LogP contribution >= 0.6 is 0 Å². The summed E-state index contributed by atoms with van der Waals surface area (Å²) in [6, 6.07) is -1.21. The van der Waals surface area contributed by atoms with E-state index in [2.05, 4.69) is 5.32 Å². The number of carboxylic acid groups (broad SMARTS) is 1. The molecule has 1 saturated heterocycles. The fraction of sp³-hybridized carbons (Fsp3) is 0.762. The summed E-state index contributed by atoms with van der Waals surface area (Å²) in [4.78, 5) is 40.8. The molecule has 0 aromatic carbocycles. The van der Waals surface area contributed by atoms with Gasteiger partial charge in [0.25, 0.3) is 0 Å². The highest BCUT2D eigenvalue weighted by Crippen LogP contribution is 2.19. The summed E-state index contributed by atoms with van der Waals surface area (Å²) < 4.78 is 0. The third kappa shape index (κ3) is 6.33.